The van der Waals surface area contributed by atoms with Crippen molar-refractivity contribution in [1.82, 2.24) is 19.9 Å². The Morgan fingerprint density at radius 2 is 2.00 bits per heavy atom. The van der Waals surface area contributed by atoms with Crippen molar-refractivity contribution < 1.29 is 9.90 Å². The normalized spacial score (nSPS) is 11.0. The molecule has 7 heteroatoms. The molecule has 2 heterocycles. The zero-order chi connectivity index (χ0) is 19.2. The minimum Gasteiger partial charge on any atom is -0.395 e. The number of carbonyl (C=O) groups excluding carboxylic acids is 1. The van der Waals surface area contributed by atoms with Crippen molar-refractivity contribution in [3.8, 4) is 11.4 Å². The van der Waals surface area contributed by atoms with Crippen LogP contribution in [0.5, 0.6) is 0 Å². The Morgan fingerprint density at radius 3 is 2.63 bits per heavy atom. The predicted octanol–water partition coefficient (Wildman–Crippen LogP) is 3.36. The van der Waals surface area contributed by atoms with Gasteiger partial charge in [-0.1, -0.05) is 26.0 Å². The maximum absolute atomic E-state index is 12.9. The zero-order valence-electron chi connectivity index (χ0n) is 15.4. The molecule has 0 spiro atoms. The standard InChI is InChI=1S/C20H22N4O2S/c1-14(2)17-11-22-19(23-12-17)15-4-3-5-16(10-15)20(26)24(7-8-25)13-18-21-6-9-27-18/h3-6,9-12,14,25H,7-8,13H2,1-2H3. The van der Waals surface area contributed by atoms with Crippen LogP contribution in [0, 0.1) is 0 Å². The lowest BCUT2D eigenvalue weighted by atomic mass is 10.1. The van der Waals surface area contributed by atoms with Gasteiger partial charge in [0.2, 0.25) is 0 Å². The van der Waals surface area contributed by atoms with Crippen LogP contribution < -0.4 is 0 Å². The van der Waals surface area contributed by atoms with E-state index in [1.807, 2.05) is 29.9 Å². The van der Waals surface area contributed by atoms with Crippen molar-refractivity contribution in [1.29, 1.82) is 0 Å². The third-order valence-electron chi connectivity index (χ3n) is 4.17. The van der Waals surface area contributed by atoms with E-state index in [1.54, 1.807) is 23.2 Å². The molecule has 0 radical (unpaired) electrons. The molecule has 0 unspecified atom stereocenters. The lowest BCUT2D eigenvalue weighted by molar-refractivity contribution is 0.0707. The van der Waals surface area contributed by atoms with Gasteiger partial charge in [0.15, 0.2) is 5.82 Å². The third kappa shape index (κ3) is 4.75. The fraction of sp³-hybridized carbons (Fsp3) is 0.300. The van der Waals surface area contributed by atoms with Crippen LogP contribution in [0.15, 0.2) is 48.2 Å². The van der Waals surface area contributed by atoms with E-state index in [9.17, 15) is 9.90 Å². The highest BCUT2D eigenvalue weighted by molar-refractivity contribution is 7.09. The van der Waals surface area contributed by atoms with Crippen molar-refractivity contribution in [3.05, 3.63) is 64.4 Å². The Hall–Kier alpha value is -2.64. The molecular formula is C20H22N4O2S. The van der Waals surface area contributed by atoms with Gasteiger partial charge in [-0.2, -0.15) is 0 Å². The molecule has 3 rings (SSSR count). The van der Waals surface area contributed by atoms with Gasteiger partial charge in [0.1, 0.15) is 5.01 Å². The number of aliphatic hydroxyl groups excluding tert-OH is 1. The van der Waals surface area contributed by atoms with Gasteiger partial charge in [-0.25, -0.2) is 15.0 Å². The van der Waals surface area contributed by atoms with E-state index in [1.165, 1.54) is 11.3 Å². The molecule has 0 saturated carbocycles. The van der Waals surface area contributed by atoms with Crippen molar-refractivity contribution in [2.24, 2.45) is 0 Å². The highest BCUT2D eigenvalue weighted by Crippen LogP contribution is 2.20. The molecule has 1 aromatic carbocycles. The monoisotopic (exact) mass is 382 g/mol. The Kier molecular flexibility index (Phi) is 6.26. The SMILES string of the molecule is CC(C)c1cnc(-c2cccc(C(=O)N(CCO)Cc3nccs3)c2)nc1. The summed E-state index contributed by atoms with van der Waals surface area (Å²) in [4.78, 5) is 27.6. The fourth-order valence-electron chi connectivity index (χ4n) is 2.63. The molecule has 0 aliphatic heterocycles. The first-order valence-corrected chi connectivity index (χ1v) is 9.67. The van der Waals surface area contributed by atoms with E-state index in [4.69, 9.17) is 0 Å². The van der Waals surface area contributed by atoms with Crippen molar-refractivity contribution >= 4 is 17.2 Å². The summed E-state index contributed by atoms with van der Waals surface area (Å²) in [6.07, 6.45) is 5.35. The summed E-state index contributed by atoms with van der Waals surface area (Å²) in [7, 11) is 0. The van der Waals surface area contributed by atoms with Gasteiger partial charge in [-0.3, -0.25) is 4.79 Å². The predicted molar refractivity (Wildman–Crippen MR) is 105 cm³/mol. The average Bonchev–Trinajstić information content (AvgIpc) is 3.20. The van der Waals surface area contributed by atoms with E-state index >= 15 is 0 Å². The minimum absolute atomic E-state index is 0.101. The quantitative estimate of drug-likeness (QED) is 0.678. The van der Waals surface area contributed by atoms with Crippen LogP contribution in [0.25, 0.3) is 11.4 Å². The number of nitrogens with zero attached hydrogens (tertiary/aromatic N) is 4. The number of carbonyl (C=O) groups is 1. The first-order valence-electron chi connectivity index (χ1n) is 8.79. The topological polar surface area (TPSA) is 79.2 Å². The van der Waals surface area contributed by atoms with Crippen LogP contribution in [0.2, 0.25) is 0 Å². The molecular weight excluding hydrogens is 360 g/mol. The molecule has 6 nitrogen and oxygen atoms in total. The first-order chi connectivity index (χ1) is 13.1. The molecule has 0 fully saturated rings. The molecule has 0 bridgehead atoms. The summed E-state index contributed by atoms with van der Waals surface area (Å²) in [5, 5.41) is 12.0. The van der Waals surface area contributed by atoms with Crippen molar-refractivity contribution in [3.63, 3.8) is 0 Å². The summed E-state index contributed by atoms with van der Waals surface area (Å²) >= 11 is 1.49. The molecule has 27 heavy (non-hydrogen) atoms. The van der Waals surface area contributed by atoms with Crippen molar-refractivity contribution in [2.75, 3.05) is 13.2 Å². The van der Waals surface area contributed by atoms with Crippen LogP contribution in [-0.2, 0) is 6.54 Å². The minimum atomic E-state index is -0.153. The highest BCUT2D eigenvalue weighted by Gasteiger charge is 2.18. The van der Waals surface area contributed by atoms with Gasteiger partial charge < -0.3 is 10.0 Å². The number of thiazole rings is 1. The number of hydrogen-bond acceptors (Lipinski definition) is 6. The summed E-state index contributed by atoms with van der Waals surface area (Å²) in [5.74, 6) is 0.799. The van der Waals surface area contributed by atoms with E-state index in [-0.39, 0.29) is 19.1 Å². The average molecular weight is 382 g/mol. The maximum atomic E-state index is 12.9. The van der Waals surface area contributed by atoms with Crippen molar-refractivity contribution in [2.45, 2.75) is 26.3 Å². The highest BCUT2D eigenvalue weighted by atomic mass is 32.1. The number of aliphatic hydroxyl groups is 1. The fourth-order valence-corrected chi connectivity index (χ4v) is 3.26. The van der Waals surface area contributed by atoms with Gasteiger partial charge >= 0.3 is 0 Å². The Labute approximate surface area is 162 Å². The van der Waals surface area contributed by atoms with Crippen LogP contribution in [-0.4, -0.2) is 44.0 Å². The van der Waals surface area contributed by atoms with Crippen LogP contribution in [0.4, 0.5) is 0 Å². The maximum Gasteiger partial charge on any atom is 0.254 e. The number of amides is 1. The van der Waals surface area contributed by atoms with Gasteiger partial charge in [0.05, 0.1) is 13.2 Å². The lowest BCUT2D eigenvalue weighted by Crippen LogP contribution is -2.33. The number of hydrogen-bond donors (Lipinski definition) is 1. The Morgan fingerprint density at radius 1 is 1.22 bits per heavy atom. The van der Waals surface area contributed by atoms with E-state index < -0.39 is 0 Å². The van der Waals surface area contributed by atoms with E-state index in [0.29, 0.717) is 23.9 Å². The molecule has 140 valence electrons. The zero-order valence-corrected chi connectivity index (χ0v) is 16.2. The second-order valence-electron chi connectivity index (χ2n) is 6.45. The molecule has 1 N–H and O–H groups in total. The first kappa shape index (κ1) is 19.1. The Balaban J connectivity index is 1.83. The number of benzene rings is 1. The lowest BCUT2D eigenvalue weighted by Gasteiger charge is -2.21. The largest absolute Gasteiger partial charge is 0.395 e. The molecule has 3 aromatic rings. The summed E-state index contributed by atoms with van der Waals surface area (Å²) in [6, 6.07) is 7.26. The van der Waals surface area contributed by atoms with Gasteiger partial charge in [-0.15, -0.1) is 11.3 Å². The van der Waals surface area contributed by atoms with Gasteiger partial charge in [-0.05, 0) is 23.6 Å². The smallest absolute Gasteiger partial charge is 0.254 e. The second kappa shape index (κ2) is 8.83. The molecule has 1 amide bonds. The Bertz CT molecular complexity index is 879. The van der Waals surface area contributed by atoms with Gasteiger partial charge in [0.25, 0.3) is 5.91 Å². The summed E-state index contributed by atoms with van der Waals surface area (Å²) in [6.45, 7) is 4.71. The molecule has 0 atom stereocenters. The molecule has 0 aliphatic rings. The molecule has 2 aromatic heterocycles. The van der Waals surface area contributed by atoms with Crippen LogP contribution in [0.3, 0.4) is 0 Å². The number of rotatable bonds is 7. The molecule has 0 aliphatic carbocycles. The van der Waals surface area contributed by atoms with Gasteiger partial charge in [0, 0.05) is 41.6 Å². The molecule has 0 saturated heterocycles. The van der Waals surface area contributed by atoms with Crippen LogP contribution >= 0.6 is 11.3 Å². The summed E-state index contributed by atoms with van der Waals surface area (Å²) in [5.41, 5.74) is 2.40. The summed E-state index contributed by atoms with van der Waals surface area (Å²) < 4.78 is 0. The van der Waals surface area contributed by atoms with E-state index in [2.05, 4.69) is 28.8 Å². The number of aromatic nitrogens is 3. The second-order valence-corrected chi connectivity index (χ2v) is 7.43. The van der Waals surface area contributed by atoms with E-state index in [0.717, 1.165) is 16.1 Å². The van der Waals surface area contributed by atoms with Crippen LogP contribution in [0.1, 0.15) is 40.7 Å². The third-order valence-corrected chi connectivity index (χ3v) is 4.94.